The highest BCUT2D eigenvalue weighted by molar-refractivity contribution is 7.80. The standard InChI is InChI=1S/C23H26N4O2S/c1-2-29-18-11-9-17(10-12-18)26-14-5-8-20(26)22-21(19-7-3-4-13-24-19)25-23(30)27(22)15-6-16-28/h3-5,7-14,21-22,28H,2,6,15-16H2,1H3,(H,25,30)/t21-,22-/m0/s1. The van der Waals surface area contributed by atoms with Gasteiger partial charge < -0.3 is 24.6 Å². The largest absolute Gasteiger partial charge is 0.494 e. The van der Waals surface area contributed by atoms with Gasteiger partial charge in [0.15, 0.2) is 5.11 Å². The van der Waals surface area contributed by atoms with Gasteiger partial charge in [-0.25, -0.2) is 0 Å². The van der Waals surface area contributed by atoms with Crippen molar-refractivity contribution in [1.82, 2.24) is 19.8 Å². The highest BCUT2D eigenvalue weighted by Crippen LogP contribution is 2.39. The van der Waals surface area contributed by atoms with Gasteiger partial charge in [-0.05, 0) is 74.1 Å². The lowest BCUT2D eigenvalue weighted by atomic mass is 10.0. The number of hydrogen-bond donors (Lipinski definition) is 2. The second-order valence-electron chi connectivity index (χ2n) is 7.13. The van der Waals surface area contributed by atoms with Gasteiger partial charge in [-0.15, -0.1) is 0 Å². The topological polar surface area (TPSA) is 62.5 Å². The van der Waals surface area contributed by atoms with Crippen molar-refractivity contribution >= 4 is 17.3 Å². The van der Waals surface area contributed by atoms with Gasteiger partial charge in [-0.3, -0.25) is 4.98 Å². The fourth-order valence-electron chi connectivity index (χ4n) is 3.95. The van der Waals surface area contributed by atoms with Gasteiger partial charge in [0.25, 0.3) is 0 Å². The van der Waals surface area contributed by atoms with Gasteiger partial charge in [0.1, 0.15) is 5.75 Å². The van der Waals surface area contributed by atoms with E-state index in [-0.39, 0.29) is 18.7 Å². The average molecular weight is 423 g/mol. The molecule has 1 aromatic carbocycles. The second kappa shape index (κ2) is 9.28. The van der Waals surface area contributed by atoms with Crippen LogP contribution in [-0.4, -0.2) is 44.4 Å². The van der Waals surface area contributed by atoms with Crippen LogP contribution in [0.5, 0.6) is 5.75 Å². The number of nitrogens with zero attached hydrogens (tertiary/aromatic N) is 3. The average Bonchev–Trinajstić information content (AvgIpc) is 3.38. The van der Waals surface area contributed by atoms with Crippen LogP contribution >= 0.6 is 12.2 Å². The van der Waals surface area contributed by atoms with E-state index >= 15 is 0 Å². The number of hydrogen-bond acceptors (Lipinski definition) is 4. The van der Waals surface area contributed by atoms with E-state index in [2.05, 4.69) is 44.2 Å². The van der Waals surface area contributed by atoms with Crippen molar-refractivity contribution in [3.05, 3.63) is 78.4 Å². The van der Waals surface area contributed by atoms with E-state index in [0.717, 1.165) is 22.8 Å². The molecule has 0 saturated carbocycles. The Bertz CT molecular complexity index is 974. The summed E-state index contributed by atoms with van der Waals surface area (Å²) in [6.45, 7) is 3.42. The molecule has 2 N–H and O–H groups in total. The molecule has 156 valence electrons. The fraction of sp³-hybridized carbons (Fsp3) is 0.304. The van der Waals surface area contributed by atoms with E-state index in [1.165, 1.54) is 0 Å². The third-order valence-corrected chi connectivity index (χ3v) is 5.62. The molecule has 6 nitrogen and oxygen atoms in total. The first kappa shape index (κ1) is 20.4. The van der Waals surface area contributed by atoms with Crippen LogP contribution < -0.4 is 10.1 Å². The van der Waals surface area contributed by atoms with Crippen LogP contribution in [0.1, 0.15) is 36.8 Å². The Hall–Kier alpha value is -2.90. The zero-order valence-electron chi connectivity index (χ0n) is 16.9. The van der Waals surface area contributed by atoms with Crippen molar-refractivity contribution in [1.29, 1.82) is 0 Å². The van der Waals surface area contributed by atoms with Gasteiger partial charge in [-0.2, -0.15) is 0 Å². The van der Waals surface area contributed by atoms with E-state index in [1.807, 2.05) is 43.3 Å². The molecule has 0 spiro atoms. The predicted molar refractivity (Wildman–Crippen MR) is 121 cm³/mol. The van der Waals surface area contributed by atoms with E-state index in [0.29, 0.717) is 24.7 Å². The monoisotopic (exact) mass is 422 g/mol. The summed E-state index contributed by atoms with van der Waals surface area (Å²) in [6.07, 6.45) is 4.52. The molecule has 30 heavy (non-hydrogen) atoms. The molecular weight excluding hydrogens is 396 g/mol. The maximum absolute atomic E-state index is 9.40. The predicted octanol–water partition coefficient (Wildman–Crippen LogP) is 3.63. The summed E-state index contributed by atoms with van der Waals surface area (Å²) >= 11 is 5.67. The van der Waals surface area contributed by atoms with Gasteiger partial charge in [0.05, 0.1) is 24.4 Å². The smallest absolute Gasteiger partial charge is 0.170 e. The number of rotatable bonds is 8. The third kappa shape index (κ3) is 4.04. The van der Waals surface area contributed by atoms with Crippen molar-refractivity contribution in [2.75, 3.05) is 19.8 Å². The molecule has 1 aliphatic heterocycles. The summed E-state index contributed by atoms with van der Waals surface area (Å²) in [5.41, 5.74) is 3.11. The lowest BCUT2D eigenvalue weighted by Crippen LogP contribution is -2.31. The quantitative estimate of drug-likeness (QED) is 0.541. The Labute approximate surface area is 182 Å². The number of benzene rings is 1. The molecule has 0 amide bonds. The van der Waals surface area contributed by atoms with Crippen LogP contribution in [0.3, 0.4) is 0 Å². The Balaban J connectivity index is 1.73. The molecule has 2 atom stereocenters. The first-order chi connectivity index (χ1) is 14.7. The maximum Gasteiger partial charge on any atom is 0.170 e. The SMILES string of the molecule is CCOc1ccc(-n2cccc2[C@H]2[C@H](c3ccccn3)NC(=S)N2CCCO)cc1. The molecule has 3 aromatic rings. The zero-order valence-corrected chi connectivity index (χ0v) is 17.8. The number of aliphatic hydroxyl groups excluding tert-OH is 1. The summed E-state index contributed by atoms with van der Waals surface area (Å²) in [5, 5.41) is 13.5. The van der Waals surface area contributed by atoms with Crippen LogP contribution in [0.15, 0.2) is 67.0 Å². The second-order valence-corrected chi connectivity index (χ2v) is 7.51. The molecule has 7 heteroatoms. The zero-order chi connectivity index (χ0) is 20.9. The number of pyridine rings is 1. The number of thiocarbonyl (C=S) groups is 1. The van der Waals surface area contributed by atoms with E-state index in [1.54, 1.807) is 6.20 Å². The van der Waals surface area contributed by atoms with Crippen LogP contribution in [0.25, 0.3) is 5.69 Å². The van der Waals surface area contributed by atoms with Crippen LogP contribution in [-0.2, 0) is 0 Å². The molecule has 1 saturated heterocycles. The first-order valence-corrected chi connectivity index (χ1v) is 10.6. The molecule has 0 aliphatic carbocycles. The number of nitrogens with one attached hydrogen (secondary N) is 1. The highest BCUT2D eigenvalue weighted by atomic mass is 32.1. The minimum atomic E-state index is -0.0752. The van der Waals surface area contributed by atoms with Crippen molar-refractivity contribution in [3.8, 4) is 11.4 Å². The highest BCUT2D eigenvalue weighted by Gasteiger charge is 2.40. The van der Waals surface area contributed by atoms with E-state index in [4.69, 9.17) is 17.0 Å². The number of aliphatic hydroxyl groups is 1. The molecule has 0 radical (unpaired) electrons. The number of ether oxygens (including phenoxy) is 1. The van der Waals surface area contributed by atoms with Crippen molar-refractivity contribution in [2.45, 2.75) is 25.4 Å². The van der Waals surface area contributed by atoms with Gasteiger partial charge in [-0.1, -0.05) is 6.07 Å². The van der Waals surface area contributed by atoms with Crippen LogP contribution in [0.2, 0.25) is 0 Å². The first-order valence-electron chi connectivity index (χ1n) is 10.2. The van der Waals surface area contributed by atoms with Gasteiger partial charge >= 0.3 is 0 Å². The van der Waals surface area contributed by atoms with Crippen LogP contribution in [0.4, 0.5) is 0 Å². The molecule has 1 fully saturated rings. The van der Waals surface area contributed by atoms with E-state index in [9.17, 15) is 5.11 Å². The third-order valence-electron chi connectivity index (χ3n) is 5.26. The minimum Gasteiger partial charge on any atom is -0.494 e. The molecule has 0 unspecified atom stereocenters. The minimum absolute atomic E-state index is 0.0412. The van der Waals surface area contributed by atoms with Crippen molar-refractivity contribution in [3.63, 3.8) is 0 Å². The summed E-state index contributed by atoms with van der Waals surface area (Å²) < 4.78 is 7.76. The maximum atomic E-state index is 9.40. The molecule has 0 bridgehead atoms. The molecule has 2 aromatic heterocycles. The normalized spacial score (nSPS) is 18.5. The summed E-state index contributed by atoms with van der Waals surface area (Å²) in [4.78, 5) is 6.74. The summed E-state index contributed by atoms with van der Waals surface area (Å²) in [6, 6.07) is 18.1. The lowest BCUT2D eigenvalue weighted by molar-refractivity contribution is 0.245. The lowest BCUT2D eigenvalue weighted by Gasteiger charge is -2.28. The van der Waals surface area contributed by atoms with Crippen molar-refractivity contribution < 1.29 is 9.84 Å². The molecule has 4 rings (SSSR count). The Morgan fingerprint density at radius 1 is 1.13 bits per heavy atom. The fourth-order valence-corrected chi connectivity index (χ4v) is 4.28. The van der Waals surface area contributed by atoms with Gasteiger partial charge in [0.2, 0.25) is 0 Å². The molecular formula is C23H26N4O2S. The van der Waals surface area contributed by atoms with Crippen LogP contribution in [0, 0.1) is 0 Å². The van der Waals surface area contributed by atoms with Gasteiger partial charge in [0, 0.05) is 36.9 Å². The van der Waals surface area contributed by atoms with Crippen molar-refractivity contribution in [2.24, 2.45) is 0 Å². The Morgan fingerprint density at radius 3 is 2.67 bits per heavy atom. The summed E-state index contributed by atoms with van der Waals surface area (Å²) in [7, 11) is 0. The molecule has 1 aliphatic rings. The summed E-state index contributed by atoms with van der Waals surface area (Å²) in [5.74, 6) is 0.856. The van der Waals surface area contributed by atoms with E-state index < -0.39 is 0 Å². The Kier molecular flexibility index (Phi) is 6.30. The Morgan fingerprint density at radius 2 is 1.97 bits per heavy atom. The number of aromatic nitrogens is 2. The molecule has 3 heterocycles.